The second-order valence-electron chi connectivity index (χ2n) is 5.70. The summed E-state index contributed by atoms with van der Waals surface area (Å²) < 4.78 is 6.53. The summed E-state index contributed by atoms with van der Waals surface area (Å²) in [7, 11) is 0. The number of hydrogen-bond donors (Lipinski definition) is 1. The van der Waals surface area contributed by atoms with Crippen LogP contribution in [0.5, 0.6) is 5.88 Å². The Morgan fingerprint density at radius 1 is 1.29 bits per heavy atom. The van der Waals surface area contributed by atoms with Crippen molar-refractivity contribution in [2.45, 2.75) is 38.3 Å². The Bertz CT molecular complexity index is 718. The number of aromatic nitrogens is 2. The lowest BCUT2D eigenvalue weighted by Crippen LogP contribution is -2.23. The summed E-state index contributed by atoms with van der Waals surface area (Å²) in [5.41, 5.74) is 1.22. The second kappa shape index (κ2) is 7.94. The van der Waals surface area contributed by atoms with Crippen LogP contribution in [0.25, 0.3) is 0 Å². The molecule has 1 aliphatic rings. The third-order valence-electron chi connectivity index (χ3n) is 3.89. The largest absolute Gasteiger partial charge is 0.474 e. The first-order chi connectivity index (χ1) is 11.6. The van der Waals surface area contributed by atoms with Crippen molar-refractivity contribution >= 4 is 33.4 Å². The van der Waals surface area contributed by atoms with Gasteiger partial charge in [-0.2, -0.15) is 0 Å². The van der Waals surface area contributed by atoms with Crippen molar-refractivity contribution in [3.05, 3.63) is 51.3 Å². The Hall–Kier alpha value is -1.66. The molecule has 0 aliphatic heterocycles. The number of ether oxygens (including phenoxy) is 1. The number of rotatable bonds is 5. The fraction of sp³-hybridized carbons (Fsp3) is 0.353. The van der Waals surface area contributed by atoms with Crippen molar-refractivity contribution in [2.24, 2.45) is 0 Å². The zero-order chi connectivity index (χ0) is 16.9. The predicted molar refractivity (Wildman–Crippen MR) is 95.2 cm³/mol. The van der Waals surface area contributed by atoms with Gasteiger partial charge in [0.1, 0.15) is 11.3 Å². The fourth-order valence-electron chi connectivity index (χ4n) is 2.62. The molecule has 0 saturated heterocycles. The van der Waals surface area contributed by atoms with E-state index in [1.807, 2.05) is 12.1 Å². The average Bonchev–Trinajstić information content (AvgIpc) is 3.09. The maximum absolute atomic E-state index is 12.2. The third kappa shape index (κ3) is 4.45. The van der Waals surface area contributed by atoms with Crippen LogP contribution in [-0.4, -0.2) is 22.0 Å². The summed E-state index contributed by atoms with van der Waals surface area (Å²) in [6.45, 7) is 0.360. The minimum Gasteiger partial charge on any atom is -0.474 e. The SMILES string of the molecule is O=C(NCc1ccc(OC2CCCC2)nc1)c1cc(Br)cnc1Cl. The number of carbonyl (C=O) groups excluding carboxylic acids is 1. The maximum Gasteiger partial charge on any atom is 0.254 e. The van der Waals surface area contributed by atoms with E-state index in [2.05, 4.69) is 31.2 Å². The first-order valence-corrected chi connectivity index (χ1v) is 9.00. The van der Waals surface area contributed by atoms with Crippen LogP contribution in [0.2, 0.25) is 5.15 Å². The number of halogens is 2. The molecule has 0 bridgehead atoms. The molecule has 0 atom stereocenters. The van der Waals surface area contributed by atoms with Gasteiger partial charge in [-0.1, -0.05) is 17.7 Å². The van der Waals surface area contributed by atoms with E-state index in [1.54, 1.807) is 18.5 Å². The highest BCUT2D eigenvalue weighted by Crippen LogP contribution is 2.23. The second-order valence-corrected chi connectivity index (χ2v) is 6.98. The molecule has 5 nitrogen and oxygen atoms in total. The smallest absolute Gasteiger partial charge is 0.254 e. The molecule has 126 valence electrons. The molecule has 2 heterocycles. The first kappa shape index (κ1) is 17.2. The highest BCUT2D eigenvalue weighted by molar-refractivity contribution is 9.10. The number of nitrogens with zero attached hydrogens (tertiary/aromatic N) is 2. The fourth-order valence-corrected chi connectivity index (χ4v) is 3.14. The molecule has 2 aromatic rings. The lowest BCUT2D eigenvalue weighted by Gasteiger charge is -2.12. The van der Waals surface area contributed by atoms with E-state index in [0.29, 0.717) is 22.5 Å². The van der Waals surface area contributed by atoms with Gasteiger partial charge < -0.3 is 10.1 Å². The Morgan fingerprint density at radius 3 is 2.79 bits per heavy atom. The quantitative estimate of drug-likeness (QED) is 0.752. The molecule has 7 heteroatoms. The van der Waals surface area contributed by atoms with E-state index in [0.717, 1.165) is 18.4 Å². The van der Waals surface area contributed by atoms with Gasteiger partial charge in [0.15, 0.2) is 0 Å². The van der Waals surface area contributed by atoms with Gasteiger partial charge in [-0.05, 0) is 53.2 Å². The van der Waals surface area contributed by atoms with Gasteiger partial charge in [0.2, 0.25) is 5.88 Å². The van der Waals surface area contributed by atoms with Crippen molar-refractivity contribution < 1.29 is 9.53 Å². The van der Waals surface area contributed by atoms with Gasteiger partial charge in [-0.3, -0.25) is 4.79 Å². The molecule has 24 heavy (non-hydrogen) atoms. The molecule has 1 amide bonds. The molecule has 3 rings (SSSR count). The van der Waals surface area contributed by atoms with E-state index in [1.165, 1.54) is 12.8 Å². The van der Waals surface area contributed by atoms with Gasteiger partial charge in [0.05, 0.1) is 5.56 Å². The van der Waals surface area contributed by atoms with E-state index in [4.69, 9.17) is 16.3 Å². The topological polar surface area (TPSA) is 64.1 Å². The Morgan fingerprint density at radius 2 is 2.08 bits per heavy atom. The molecule has 0 spiro atoms. The van der Waals surface area contributed by atoms with E-state index >= 15 is 0 Å². The standard InChI is InChI=1S/C17H17BrClN3O2/c18-12-7-14(16(19)21-10-12)17(23)22-9-11-5-6-15(20-8-11)24-13-3-1-2-4-13/h5-8,10,13H,1-4,9H2,(H,22,23). The predicted octanol–water partition coefficient (Wildman–Crippen LogP) is 4.14. The van der Waals surface area contributed by atoms with Crippen molar-refractivity contribution in [3.8, 4) is 5.88 Å². The van der Waals surface area contributed by atoms with Gasteiger partial charge >= 0.3 is 0 Å². The molecule has 1 fully saturated rings. The van der Waals surface area contributed by atoms with E-state index in [9.17, 15) is 4.79 Å². The molecule has 2 aromatic heterocycles. The van der Waals surface area contributed by atoms with Crippen LogP contribution in [-0.2, 0) is 6.54 Å². The Kier molecular flexibility index (Phi) is 5.68. The van der Waals surface area contributed by atoms with Crippen LogP contribution in [0.15, 0.2) is 35.1 Å². The summed E-state index contributed by atoms with van der Waals surface area (Å²) in [5, 5.41) is 2.99. The van der Waals surface area contributed by atoms with Crippen molar-refractivity contribution in [3.63, 3.8) is 0 Å². The first-order valence-electron chi connectivity index (χ1n) is 7.82. The van der Waals surface area contributed by atoms with Crippen LogP contribution in [0.3, 0.4) is 0 Å². The molecule has 0 unspecified atom stereocenters. The molecule has 1 N–H and O–H groups in total. The summed E-state index contributed by atoms with van der Waals surface area (Å²) in [6.07, 6.45) is 8.19. The average molecular weight is 411 g/mol. The highest BCUT2D eigenvalue weighted by Gasteiger charge is 2.17. The van der Waals surface area contributed by atoms with Crippen LogP contribution in [0.4, 0.5) is 0 Å². The van der Waals surface area contributed by atoms with Crippen LogP contribution in [0.1, 0.15) is 41.6 Å². The molecular formula is C17H17BrClN3O2. The van der Waals surface area contributed by atoms with E-state index in [-0.39, 0.29) is 17.2 Å². The normalized spacial score (nSPS) is 14.6. The molecule has 0 aromatic carbocycles. The minimum atomic E-state index is -0.278. The van der Waals surface area contributed by atoms with Crippen molar-refractivity contribution in [2.75, 3.05) is 0 Å². The third-order valence-corrected chi connectivity index (χ3v) is 4.63. The summed E-state index contributed by atoms with van der Waals surface area (Å²) >= 11 is 9.23. The van der Waals surface area contributed by atoms with E-state index < -0.39 is 0 Å². The lowest BCUT2D eigenvalue weighted by molar-refractivity contribution is 0.0950. The number of pyridine rings is 2. The number of amides is 1. The Balaban J connectivity index is 1.56. The summed E-state index contributed by atoms with van der Waals surface area (Å²) in [4.78, 5) is 20.4. The number of hydrogen-bond acceptors (Lipinski definition) is 4. The van der Waals surface area contributed by atoms with Gasteiger partial charge in [-0.15, -0.1) is 0 Å². The van der Waals surface area contributed by atoms with Gasteiger partial charge in [0, 0.05) is 29.5 Å². The summed E-state index contributed by atoms with van der Waals surface area (Å²) in [6, 6.07) is 5.38. The van der Waals surface area contributed by atoms with Crippen LogP contribution in [0, 0.1) is 0 Å². The monoisotopic (exact) mass is 409 g/mol. The summed E-state index contributed by atoms with van der Waals surface area (Å²) in [5.74, 6) is 0.358. The van der Waals surface area contributed by atoms with Gasteiger partial charge in [0.25, 0.3) is 5.91 Å². The van der Waals surface area contributed by atoms with Crippen LogP contribution < -0.4 is 10.1 Å². The Labute approximate surface area is 153 Å². The lowest BCUT2D eigenvalue weighted by atomic mass is 10.2. The number of carbonyl (C=O) groups is 1. The minimum absolute atomic E-state index is 0.175. The highest BCUT2D eigenvalue weighted by atomic mass is 79.9. The molecule has 1 saturated carbocycles. The van der Waals surface area contributed by atoms with Crippen molar-refractivity contribution in [1.29, 1.82) is 0 Å². The van der Waals surface area contributed by atoms with Crippen molar-refractivity contribution in [1.82, 2.24) is 15.3 Å². The molecular weight excluding hydrogens is 394 g/mol. The number of nitrogens with one attached hydrogen (secondary N) is 1. The maximum atomic E-state index is 12.2. The zero-order valence-corrected chi connectivity index (χ0v) is 15.3. The molecule has 1 aliphatic carbocycles. The van der Waals surface area contributed by atoms with Crippen LogP contribution >= 0.6 is 27.5 Å². The molecule has 0 radical (unpaired) electrons. The zero-order valence-electron chi connectivity index (χ0n) is 13.0. The van der Waals surface area contributed by atoms with Gasteiger partial charge in [-0.25, -0.2) is 9.97 Å².